The molecule has 0 N–H and O–H groups in total. The number of carbonyl (C=O) groups is 2. The molecule has 0 fully saturated rings. The second-order valence-corrected chi connectivity index (χ2v) is 2.94. The summed E-state index contributed by atoms with van der Waals surface area (Å²) in [6, 6.07) is 0. The Labute approximate surface area is 88.2 Å². The van der Waals surface area contributed by atoms with Gasteiger partial charge in [-0.15, -0.1) is 0 Å². The molecule has 0 aromatic carbocycles. The third-order valence-electron chi connectivity index (χ3n) is 1.41. The average Bonchev–Trinajstić information content (AvgIpc) is 2.22. The highest BCUT2D eigenvalue weighted by Crippen LogP contribution is 2.03. The number of hydrogen-bond donors (Lipinski definition) is 0. The first-order valence-corrected chi connectivity index (χ1v) is 4.33. The van der Waals surface area contributed by atoms with Crippen LogP contribution in [0.5, 0.6) is 0 Å². The minimum Gasteiger partial charge on any atom is -0.469 e. The second kappa shape index (κ2) is 6.80. The monoisotopic (exact) mass is 217 g/mol. The molecule has 6 nitrogen and oxygen atoms in total. The number of nitrogens with zero attached hydrogens (tertiary/aromatic N) is 1. The lowest BCUT2D eigenvalue weighted by Gasteiger charge is -2.11. The molecule has 0 aliphatic rings. The number of esters is 2. The molecular formula is C9H15NO5. The molecule has 0 spiro atoms. The van der Waals surface area contributed by atoms with Gasteiger partial charge in [0.05, 0.1) is 26.4 Å². The van der Waals surface area contributed by atoms with E-state index >= 15 is 0 Å². The number of rotatable bonds is 5. The number of carbonyl (C=O) groups excluding carboxylic acids is 2. The Bertz CT molecular complexity index is 257. The van der Waals surface area contributed by atoms with E-state index in [1.54, 1.807) is 13.8 Å². The van der Waals surface area contributed by atoms with Gasteiger partial charge in [0, 0.05) is 0 Å². The van der Waals surface area contributed by atoms with E-state index in [0.29, 0.717) is 5.71 Å². The minimum atomic E-state index is -1.06. The van der Waals surface area contributed by atoms with Gasteiger partial charge in [0.15, 0.2) is 0 Å². The number of oxime groups is 1. The highest BCUT2D eigenvalue weighted by Gasteiger charge is 2.25. The van der Waals surface area contributed by atoms with Crippen molar-refractivity contribution >= 4 is 17.7 Å². The van der Waals surface area contributed by atoms with E-state index < -0.39 is 18.0 Å². The summed E-state index contributed by atoms with van der Waals surface area (Å²) < 4.78 is 8.86. The van der Waals surface area contributed by atoms with Crippen LogP contribution in [0.2, 0.25) is 0 Å². The number of methoxy groups -OCH3 is 2. The Morgan fingerprint density at radius 3 is 2.20 bits per heavy atom. The molecule has 0 rings (SSSR count). The van der Waals surface area contributed by atoms with Crippen molar-refractivity contribution in [2.75, 3.05) is 14.2 Å². The summed E-state index contributed by atoms with van der Waals surface area (Å²) in [6.07, 6.45) is -1.28. The van der Waals surface area contributed by atoms with Crippen molar-refractivity contribution in [1.29, 1.82) is 0 Å². The van der Waals surface area contributed by atoms with E-state index in [1.165, 1.54) is 14.2 Å². The lowest BCUT2D eigenvalue weighted by atomic mass is 10.2. The Hall–Kier alpha value is -1.59. The van der Waals surface area contributed by atoms with Crippen LogP contribution in [0.4, 0.5) is 0 Å². The van der Waals surface area contributed by atoms with Crippen molar-refractivity contribution in [2.45, 2.75) is 26.4 Å². The molecule has 6 heteroatoms. The number of hydrogen-bond acceptors (Lipinski definition) is 6. The summed E-state index contributed by atoms with van der Waals surface area (Å²) in [5.41, 5.74) is 0.633. The van der Waals surface area contributed by atoms with Crippen LogP contribution < -0.4 is 0 Å². The minimum absolute atomic E-state index is 0.222. The zero-order chi connectivity index (χ0) is 11.8. The molecule has 0 heterocycles. The van der Waals surface area contributed by atoms with E-state index in [2.05, 4.69) is 14.6 Å². The van der Waals surface area contributed by atoms with Gasteiger partial charge in [-0.1, -0.05) is 5.16 Å². The largest absolute Gasteiger partial charge is 0.469 e. The first kappa shape index (κ1) is 13.4. The molecule has 0 bridgehead atoms. The number of ether oxygens (including phenoxy) is 2. The van der Waals surface area contributed by atoms with Gasteiger partial charge < -0.3 is 14.3 Å². The van der Waals surface area contributed by atoms with E-state index in [-0.39, 0.29) is 6.42 Å². The summed E-state index contributed by atoms with van der Waals surface area (Å²) in [5.74, 6) is -1.22. The maximum Gasteiger partial charge on any atom is 0.350 e. The maximum absolute atomic E-state index is 11.2. The van der Waals surface area contributed by atoms with Crippen molar-refractivity contribution in [3.05, 3.63) is 0 Å². The molecule has 1 atom stereocenters. The van der Waals surface area contributed by atoms with Gasteiger partial charge in [-0.2, -0.15) is 0 Å². The topological polar surface area (TPSA) is 74.2 Å². The standard InChI is InChI=1S/C9H15NO5/c1-6(2)10-15-7(9(12)14-4)5-8(11)13-3/h7H,5H2,1-4H3/t7-/m0/s1. The van der Waals surface area contributed by atoms with Crippen LogP contribution in [0, 0.1) is 0 Å². The van der Waals surface area contributed by atoms with Crippen LogP contribution in [-0.4, -0.2) is 38.0 Å². The third-order valence-corrected chi connectivity index (χ3v) is 1.41. The highest BCUT2D eigenvalue weighted by atomic mass is 16.7. The lowest BCUT2D eigenvalue weighted by Crippen LogP contribution is -2.27. The maximum atomic E-state index is 11.2. The Balaban J connectivity index is 4.38. The molecule has 0 aliphatic carbocycles. The van der Waals surface area contributed by atoms with Gasteiger partial charge in [0.1, 0.15) is 0 Å². The first-order valence-electron chi connectivity index (χ1n) is 4.33. The Kier molecular flexibility index (Phi) is 6.08. The van der Waals surface area contributed by atoms with Crippen molar-refractivity contribution in [3.8, 4) is 0 Å². The van der Waals surface area contributed by atoms with Crippen molar-refractivity contribution < 1.29 is 23.9 Å². The predicted octanol–water partition coefficient (Wildman–Crippen LogP) is 0.503. The van der Waals surface area contributed by atoms with Gasteiger partial charge in [0.2, 0.25) is 6.10 Å². The second-order valence-electron chi connectivity index (χ2n) is 2.94. The SMILES string of the molecule is COC(=O)C[C@H](ON=C(C)C)C(=O)OC. The van der Waals surface area contributed by atoms with E-state index in [9.17, 15) is 9.59 Å². The van der Waals surface area contributed by atoms with Crippen LogP contribution in [0.1, 0.15) is 20.3 Å². The molecule has 0 unspecified atom stereocenters. The lowest BCUT2D eigenvalue weighted by molar-refractivity contribution is -0.160. The molecule has 0 aromatic rings. The van der Waals surface area contributed by atoms with Crippen LogP contribution in [0.15, 0.2) is 5.16 Å². The molecule has 0 aromatic heterocycles. The van der Waals surface area contributed by atoms with Crippen LogP contribution in [0.3, 0.4) is 0 Å². The van der Waals surface area contributed by atoms with Gasteiger partial charge in [-0.3, -0.25) is 4.79 Å². The Morgan fingerprint density at radius 2 is 1.80 bits per heavy atom. The highest BCUT2D eigenvalue weighted by molar-refractivity contribution is 5.82. The summed E-state index contributed by atoms with van der Waals surface area (Å²) in [6.45, 7) is 3.40. The van der Waals surface area contributed by atoms with Crippen molar-refractivity contribution in [2.24, 2.45) is 5.16 Å². The third kappa shape index (κ3) is 5.66. The molecule has 0 aliphatic heterocycles. The molecule has 0 radical (unpaired) electrons. The zero-order valence-electron chi connectivity index (χ0n) is 9.27. The van der Waals surface area contributed by atoms with Crippen LogP contribution in [0.25, 0.3) is 0 Å². The van der Waals surface area contributed by atoms with Gasteiger partial charge in [0.25, 0.3) is 0 Å². The molecule has 0 saturated heterocycles. The van der Waals surface area contributed by atoms with Gasteiger partial charge >= 0.3 is 11.9 Å². The predicted molar refractivity (Wildman–Crippen MR) is 52.3 cm³/mol. The van der Waals surface area contributed by atoms with Gasteiger partial charge in [-0.05, 0) is 13.8 Å². The fourth-order valence-electron chi connectivity index (χ4n) is 0.699. The molecule has 86 valence electrons. The van der Waals surface area contributed by atoms with Gasteiger partial charge in [-0.25, -0.2) is 4.79 Å². The van der Waals surface area contributed by atoms with Crippen molar-refractivity contribution in [1.82, 2.24) is 0 Å². The quantitative estimate of drug-likeness (QED) is 0.381. The fourth-order valence-corrected chi connectivity index (χ4v) is 0.699. The molecule has 15 heavy (non-hydrogen) atoms. The van der Waals surface area contributed by atoms with Crippen molar-refractivity contribution in [3.63, 3.8) is 0 Å². The molecule has 0 saturated carbocycles. The first-order chi connectivity index (χ1) is 7.01. The van der Waals surface area contributed by atoms with E-state index in [0.717, 1.165) is 0 Å². The molecule has 0 amide bonds. The summed E-state index contributed by atoms with van der Waals surface area (Å²) in [5, 5.41) is 3.59. The normalized spacial score (nSPS) is 11.2. The zero-order valence-corrected chi connectivity index (χ0v) is 9.27. The smallest absolute Gasteiger partial charge is 0.350 e. The van der Waals surface area contributed by atoms with E-state index in [1.807, 2.05) is 0 Å². The average molecular weight is 217 g/mol. The summed E-state index contributed by atoms with van der Waals surface area (Å²) in [7, 11) is 2.43. The Morgan fingerprint density at radius 1 is 1.20 bits per heavy atom. The fraction of sp³-hybridized carbons (Fsp3) is 0.667. The van der Waals surface area contributed by atoms with E-state index in [4.69, 9.17) is 4.84 Å². The summed E-state index contributed by atoms with van der Waals surface area (Å²) >= 11 is 0. The van der Waals surface area contributed by atoms with Crippen LogP contribution >= 0.6 is 0 Å². The summed E-state index contributed by atoms with van der Waals surface area (Å²) in [4.78, 5) is 26.9. The molecular weight excluding hydrogens is 202 g/mol. The van der Waals surface area contributed by atoms with Crippen LogP contribution in [-0.2, 0) is 23.9 Å².